The number of ether oxygens (including phenoxy) is 1. The first kappa shape index (κ1) is 16.8. The number of benzene rings is 1. The highest BCUT2D eigenvalue weighted by molar-refractivity contribution is 8.13. The highest BCUT2D eigenvalue weighted by atomic mass is 35.7. The van der Waals surface area contributed by atoms with Crippen LogP contribution in [0, 0.1) is 11.8 Å². The smallest absolute Gasteiger partial charge is 0.265 e. The van der Waals surface area contributed by atoms with Crippen molar-refractivity contribution < 1.29 is 17.9 Å². The van der Waals surface area contributed by atoms with Gasteiger partial charge in [-0.3, -0.25) is 4.79 Å². The van der Waals surface area contributed by atoms with Crippen molar-refractivity contribution in [2.75, 3.05) is 12.4 Å². The molecule has 0 spiro atoms. The summed E-state index contributed by atoms with van der Waals surface area (Å²) in [6.07, 6.45) is 0. The standard InChI is InChI=1S/C13H18ClNO4S/c1-8(2)9(3)13(16)15-10-5-6-11(19-4)12(7-10)20(14,17)18/h5-9H,1-4H3,(H,15,16). The lowest BCUT2D eigenvalue weighted by Crippen LogP contribution is -2.24. The molecule has 1 N–H and O–H groups in total. The van der Waals surface area contributed by atoms with E-state index in [1.807, 2.05) is 20.8 Å². The van der Waals surface area contributed by atoms with Crippen molar-refractivity contribution >= 4 is 31.3 Å². The molecule has 20 heavy (non-hydrogen) atoms. The Hall–Kier alpha value is -1.27. The number of rotatable bonds is 5. The Labute approximate surface area is 123 Å². The van der Waals surface area contributed by atoms with Crippen molar-refractivity contribution in [1.29, 1.82) is 0 Å². The Morgan fingerprint density at radius 1 is 1.30 bits per heavy atom. The number of carbonyl (C=O) groups is 1. The van der Waals surface area contributed by atoms with Gasteiger partial charge in [0.1, 0.15) is 10.6 Å². The molecule has 0 aliphatic heterocycles. The summed E-state index contributed by atoms with van der Waals surface area (Å²) in [6.45, 7) is 5.68. The first-order chi connectivity index (χ1) is 9.16. The SMILES string of the molecule is COc1ccc(NC(=O)C(C)C(C)C)cc1S(=O)(=O)Cl. The van der Waals surface area contributed by atoms with Crippen molar-refractivity contribution in [2.24, 2.45) is 11.8 Å². The van der Waals surface area contributed by atoms with Gasteiger partial charge in [0.2, 0.25) is 5.91 Å². The van der Waals surface area contributed by atoms with Crippen LogP contribution < -0.4 is 10.1 Å². The van der Waals surface area contributed by atoms with Gasteiger partial charge in [-0.05, 0) is 24.1 Å². The van der Waals surface area contributed by atoms with E-state index in [0.717, 1.165) is 0 Å². The van der Waals surface area contributed by atoms with Crippen LogP contribution in [0.2, 0.25) is 0 Å². The molecule has 0 heterocycles. The van der Waals surface area contributed by atoms with Crippen LogP contribution in [0.25, 0.3) is 0 Å². The van der Waals surface area contributed by atoms with Gasteiger partial charge in [0.15, 0.2) is 0 Å². The second-order valence-electron chi connectivity index (χ2n) is 4.83. The summed E-state index contributed by atoms with van der Waals surface area (Å²) in [6, 6.07) is 4.30. The fraction of sp³-hybridized carbons (Fsp3) is 0.462. The molecule has 0 radical (unpaired) electrons. The van der Waals surface area contributed by atoms with E-state index < -0.39 is 9.05 Å². The molecular weight excluding hydrogens is 302 g/mol. The Kier molecular flexibility index (Phi) is 5.42. The average Bonchev–Trinajstić information content (AvgIpc) is 2.36. The third kappa shape index (κ3) is 4.11. The second-order valence-corrected chi connectivity index (χ2v) is 7.36. The molecule has 0 aliphatic rings. The highest BCUT2D eigenvalue weighted by Gasteiger charge is 2.20. The summed E-state index contributed by atoms with van der Waals surface area (Å²) in [5.74, 6) is -0.0457. The van der Waals surface area contributed by atoms with Gasteiger partial charge in [0.05, 0.1) is 7.11 Å². The number of methoxy groups -OCH3 is 1. The molecule has 1 rings (SSSR count). The van der Waals surface area contributed by atoms with Gasteiger partial charge in [-0.15, -0.1) is 0 Å². The summed E-state index contributed by atoms with van der Waals surface area (Å²) in [5.41, 5.74) is 0.363. The lowest BCUT2D eigenvalue weighted by Gasteiger charge is -2.16. The second kappa shape index (κ2) is 6.45. The van der Waals surface area contributed by atoms with Crippen molar-refractivity contribution in [1.82, 2.24) is 0 Å². The predicted molar refractivity (Wildman–Crippen MR) is 78.7 cm³/mol. The molecule has 0 aromatic heterocycles. The summed E-state index contributed by atoms with van der Waals surface area (Å²) < 4.78 is 27.9. The third-order valence-electron chi connectivity index (χ3n) is 3.11. The van der Waals surface area contributed by atoms with Gasteiger partial charge in [-0.1, -0.05) is 20.8 Å². The predicted octanol–water partition coefficient (Wildman–Crippen LogP) is 2.85. The first-order valence-corrected chi connectivity index (χ1v) is 8.41. The Bertz CT molecular complexity index is 598. The van der Waals surface area contributed by atoms with E-state index in [9.17, 15) is 13.2 Å². The van der Waals surface area contributed by atoms with Gasteiger partial charge in [-0.2, -0.15) is 0 Å². The molecule has 0 saturated heterocycles. The molecule has 0 aliphatic carbocycles. The van der Waals surface area contributed by atoms with Crippen molar-refractivity contribution in [3.63, 3.8) is 0 Å². The van der Waals surface area contributed by atoms with Crippen LogP contribution in [0.4, 0.5) is 5.69 Å². The molecule has 1 unspecified atom stereocenters. The minimum absolute atomic E-state index is 0.134. The maximum Gasteiger partial charge on any atom is 0.265 e. The molecule has 0 bridgehead atoms. The van der Waals surface area contributed by atoms with Crippen LogP contribution >= 0.6 is 10.7 Å². The minimum Gasteiger partial charge on any atom is -0.495 e. The van der Waals surface area contributed by atoms with Crippen LogP contribution in [0.15, 0.2) is 23.1 Å². The topological polar surface area (TPSA) is 72.5 Å². The van der Waals surface area contributed by atoms with Crippen LogP contribution in [-0.2, 0) is 13.8 Å². The van der Waals surface area contributed by atoms with E-state index in [1.165, 1.54) is 19.2 Å². The number of hydrogen-bond acceptors (Lipinski definition) is 4. The van der Waals surface area contributed by atoms with E-state index in [0.29, 0.717) is 5.69 Å². The Morgan fingerprint density at radius 2 is 1.90 bits per heavy atom. The Balaban J connectivity index is 3.08. The van der Waals surface area contributed by atoms with Crippen molar-refractivity contribution in [2.45, 2.75) is 25.7 Å². The van der Waals surface area contributed by atoms with Crippen molar-refractivity contribution in [3.05, 3.63) is 18.2 Å². The Morgan fingerprint density at radius 3 is 2.35 bits per heavy atom. The summed E-state index contributed by atoms with van der Waals surface area (Å²) in [7, 11) is 2.75. The minimum atomic E-state index is -3.94. The summed E-state index contributed by atoms with van der Waals surface area (Å²) >= 11 is 0. The molecule has 5 nitrogen and oxygen atoms in total. The van der Waals surface area contributed by atoms with E-state index >= 15 is 0 Å². The zero-order chi connectivity index (χ0) is 15.5. The molecule has 1 aromatic rings. The van der Waals surface area contributed by atoms with E-state index in [2.05, 4.69) is 5.32 Å². The van der Waals surface area contributed by atoms with Crippen LogP contribution in [0.1, 0.15) is 20.8 Å². The maximum atomic E-state index is 11.9. The highest BCUT2D eigenvalue weighted by Crippen LogP contribution is 2.30. The molecule has 0 saturated carbocycles. The van der Waals surface area contributed by atoms with Gasteiger partial charge < -0.3 is 10.1 Å². The molecule has 7 heteroatoms. The largest absolute Gasteiger partial charge is 0.495 e. The first-order valence-electron chi connectivity index (χ1n) is 6.10. The molecule has 112 valence electrons. The molecule has 1 amide bonds. The summed E-state index contributed by atoms with van der Waals surface area (Å²) in [5, 5.41) is 2.67. The van der Waals surface area contributed by atoms with E-state index in [4.69, 9.17) is 15.4 Å². The number of amides is 1. The zero-order valence-corrected chi connectivity index (χ0v) is 13.4. The molecule has 1 aromatic carbocycles. The van der Waals surface area contributed by atoms with E-state index in [-0.39, 0.29) is 28.4 Å². The normalized spacial score (nSPS) is 13.1. The van der Waals surface area contributed by atoms with Crippen molar-refractivity contribution in [3.8, 4) is 5.75 Å². The van der Waals surface area contributed by atoms with Gasteiger partial charge >= 0.3 is 0 Å². The molecule has 1 atom stereocenters. The fourth-order valence-electron chi connectivity index (χ4n) is 1.50. The fourth-order valence-corrected chi connectivity index (χ4v) is 2.53. The van der Waals surface area contributed by atoms with E-state index in [1.54, 1.807) is 6.07 Å². The quantitative estimate of drug-likeness (QED) is 0.847. The maximum absolute atomic E-state index is 11.9. The lowest BCUT2D eigenvalue weighted by atomic mass is 9.97. The molecular formula is C13H18ClNO4S. The van der Waals surface area contributed by atoms with Gasteiger partial charge in [-0.25, -0.2) is 8.42 Å². The number of hydrogen-bond donors (Lipinski definition) is 1. The zero-order valence-electron chi connectivity index (χ0n) is 11.8. The number of nitrogens with one attached hydrogen (secondary N) is 1. The summed E-state index contributed by atoms with van der Waals surface area (Å²) in [4.78, 5) is 11.8. The number of halogens is 1. The number of anilines is 1. The number of carbonyl (C=O) groups excluding carboxylic acids is 1. The van der Waals surface area contributed by atoms with Crippen LogP contribution in [0.3, 0.4) is 0 Å². The van der Waals surface area contributed by atoms with Gasteiger partial charge in [0, 0.05) is 22.3 Å². The van der Waals surface area contributed by atoms with Gasteiger partial charge in [0.25, 0.3) is 9.05 Å². The van der Waals surface area contributed by atoms with Crippen LogP contribution in [0.5, 0.6) is 5.75 Å². The van der Waals surface area contributed by atoms with Crippen LogP contribution in [-0.4, -0.2) is 21.4 Å². The monoisotopic (exact) mass is 319 g/mol. The average molecular weight is 320 g/mol. The lowest BCUT2D eigenvalue weighted by molar-refractivity contribution is -0.120. The third-order valence-corrected chi connectivity index (χ3v) is 4.45. The molecule has 0 fully saturated rings.